The molecule has 50 heteroatoms. The third kappa shape index (κ3) is 37.7. The highest BCUT2D eigenvalue weighted by molar-refractivity contribution is 5.81. The number of benzene rings is 4. The average Bonchev–Trinajstić information content (AvgIpc) is 0.851. The van der Waals surface area contributed by atoms with Crippen molar-refractivity contribution in [2.45, 2.75) is 71.0 Å². The topological polar surface area (TPSA) is 398 Å². The second-order valence-corrected chi connectivity index (χ2v) is 33.3. The molecule has 4 saturated heterocycles. The molecule has 2 unspecified atom stereocenters. The summed E-state index contributed by atoms with van der Waals surface area (Å²) in [4.78, 5) is 59.7. The SMILES string of the molecule is CC1CN(CCNc2nc(N/N=C/c3ccc(Nc4cccc(C(F)(F)F)c4)cn3)ncc2F)CCO1.Cc1cc(NCCN2CCOC(C)C2)nc(N/N=C/c2ccc(Nc3cccc(C(F)(F)F)c3)cn2)n1.Cc1cc(NCCN2CCOCC2)nc(N/N=C/c2ccc(Nc3cccc(C(F)(F)F)c3)cn2)n1.Fc1cnc(N/N=C/c2ccc(Nc3cccc(C(F)(F)F)c3)cn2)nc1NCCCN1CCOCC1. The van der Waals surface area contributed by atoms with Crippen LogP contribution in [-0.4, -0.2) is 261 Å². The van der Waals surface area contributed by atoms with Gasteiger partial charge in [-0.15, -0.1) is 0 Å². The molecule has 147 heavy (non-hydrogen) atoms. The molecule has 4 aromatic carbocycles. The van der Waals surface area contributed by atoms with Crippen LogP contribution >= 0.6 is 0 Å². The highest BCUT2D eigenvalue weighted by Crippen LogP contribution is 2.36. The van der Waals surface area contributed by atoms with E-state index < -0.39 is 58.6 Å². The lowest BCUT2D eigenvalue weighted by molar-refractivity contribution is -0.138. The molecule has 778 valence electrons. The minimum Gasteiger partial charge on any atom is -0.379 e. The molecule has 2 atom stereocenters. The highest BCUT2D eigenvalue weighted by atomic mass is 19.4. The van der Waals surface area contributed by atoms with Gasteiger partial charge in [0.1, 0.15) is 11.6 Å². The van der Waals surface area contributed by atoms with E-state index in [1.165, 1.54) is 86.0 Å². The molecule has 4 aliphatic rings. The molecular formula is C97H108F14N32O4. The number of ether oxygens (including phenoxy) is 4. The summed E-state index contributed by atoms with van der Waals surface area (Å²) in [5.74, 6) is 1.33. The Hall–Kier alpha value is -15.2. The number of aryl methyl sites for hydroxylation is 2. The number of hydrazone groups is 4. The maximum Gasteiger partial charge on any atom is 0.416 e. The second kappa shape index (κ2) is 54.1. The van der Waals surface area contributed by atoms with Gasteiger partial charge in [0.25, 0.3) is 0 Å². The van der Waals surface area contributed by atoms with Crippen molar-refractivity contribution < 1.29 is 80.4 Å². The number of aromatic nitrogens is 12. The van der Waals surface area contributed by atoms with Gasteiger partial charge >= 0.3 is 24.7 Å². The molecule has 0 saturated carbocycles. The number of nitrogens with zero attached hydrogens (tertiary/aromatic N) is 20. The number of hydrogen-bond donors (Lipinski definition) is 12. The molecule has 4 fully saturated rings. The van der Waals surface area contributed by atoms with E-state index in [0.29, 0.717) is 106 Å². The second-order valence-electron chi connectivity index (χ2n) is 33.3. The lowest BCUT2D eigenvalue weighted by Crippen LogP contribution is -2.43. The minimum atomic E-state index is -4.42. The first-order chi connectivity index (χ1) is 70.7. The molecule has 0 spiro atoms. The minimum absolute atomic E-state index is 0.0668. The number of alkyl halides is 12. The van der Waals surface area contributed by atoms with Crippen molar-refractivity contribution in [2.75, 3.05) is 209 Å². The summed E-state index contributed by atoms with van der Waals surface area (Å²) in [6, 6.07) is 36.8. The average molecular weight is 2050 g/mol. The lowest BCUT2D eigenvalue weighted by Gasteiger charge is -2.31. The summed E-state index contributed by atoms with van der Waals surface area (Å²) in [7, 11) is 0. The molecule has 36 nitrogen and oxygen atoms in total. The highest BCUT2D eigenvalue weighted by Gasteiger charge is 2.34. The third-order valence-corrected chi connectivity index (χ3v) is 21.7. The van der Waals surface area contributed by atoms with Crippen molar-refractivity contribution in [3.05, 3.63) is 263 Å². The fourth-order valence-corrected chi connectivity index (χ4v) is 14.5. The summed E-state index contributed by atoms with van der Waals surface area (Å²) >= 11 is 0. The first-order valence-electron chi connectivity index (χ1n) is 46.5. The number of halogens is 14. The zero-order valence-electron chi connectivity index (χ0n) is 80.1. The maximum absolute atomic E-state index is 14.1. The Morgan fingerprint density at radius 2 is 0.633 bits per heavy atom. The van der Waals surface area contributed by atoms with Crippen molar-refractivity contribution in [2.24, 2.45) is 20.4 Å². The molecule has 0 aliphatic carbocycles. The normalized spacial score (nSPS) is 15.6. The van der Waals surface area contributed by atoms with Crippen molar-refractivity contribution in [1.82, 2.24) is 79.4 Å². The number of nitrogens with one attached hydrogen (secondary N) is 12. The summed E-state index contributed by atoms with van der Waals surface area (Å²) in [5.41, 5.74) is 14.9. The van der Waals surface area contributed by atoms with Crippen LogP contribution in [0, 0.1) is 25.5 Å². The number of pyridine rings is 4. The van der Waals surface area contributed by atoms with E-state index in [-0.39, 0.29) is 41.4 Å². The van der Waals surface area contributed by atoms with Gasteiger partial charge in [0, 0.05) is 144 Å². The standard InChI is InChI=1S/C25H29F3N8O.2C24H26F4N8O.C24H27F3N8O/c1-17-12-23(29-8-9-36-10-11-37-18(2)16-36)34-24(32-17)35-31-15-21-6-7-22(14-30-21)33-20-5-3-4-19(13-20)25(26,27)28;1-16-15-36(9-10-37-16)8-7-29-22-21(25)14-31-23(34-22)35-32-13-19-5-6-20(12-30-19)33-18-4-2-3-17(11-18)24(26,27)28;25-21-16-31-23(34-22(21)29-7-2-8-36-9-11-37-12-10-36)35-32-15-19-5-6-20(14-30-19)33-18-4-1-3-17(13-18)24(26,27)28;1-17-13-22(28-7-8-35-9-11-36-12-10-35)33-23(31-17)34-30-16-20-5-6-21(15-29-20)32-19-4-2-3-18(14-19)24(25,26)27/h3-7,12-15,18,33H,8-11,16H2,1-2H3,(H2,29,32,34,35);2-6,11-14,16,33H,7-10,15H2,1H3,(H2,29,31,34,35);1,3-6,13-16,33H,2,7-12H2,(H2,29,31,34,35);2-6,13-16,32H,7-12H2,1H3,(H2,28,31,33,34)/b31-15+;32-13+;32-15+;30-16+. The van der Waals surface area contributed by atoms with Crippen LogP contribution in [0.15, 0.2) is 215 Å². The van der Waals surface area contributed by atoms with E-state index in [9.17, 15) is 61.5 Å². The monoisotopic (exact) mass is 2050 g/mol. The van der Waals surface area contributed by atoms with Crippen LogP contribution in [0.3, 0.4) is 0 Å². The molecule has 16 rings (SSSR count). The van der Waals surface area contributed by atoms with Crippen LogP contribution in [0.2, 0.25) is 0 Å². The van der Waals surface area contributed by atoms with Crippen LogP contribution in [-0.2, 0) is 43.7 Å². The van der Waals surface area contributed by atoms with Gasteiger partial charge in [-0.05, 0) is 162 Å². The van der Waals surface area contributed by atoms with Crippen molar-refractivity contribution in [3.8, 4) is 0 Å². The van der Waals surface area contributed by atoms with E-state index in [1.807, 2.05) is 32.9 Å². The van der Waals surface area contributed by atoms with Gasteiger partial charge in [-0.25, -0.2) is 50.4 Å². The molecule has 0 radical (unpaired) electrons. The molecule has 4 aliphatic heterocycles. The van der Waals surface area contributed by atoms with Crippen LogP contribution in [0.5, 0.6) is 0 Å². The quantitative estimate of drug-likeness (QED) is 0.00744. The van der Waals surface area contributed by atoms with Gasteiger partial charge in [0.2, 0.25) is 23.8 Å². The Kier molecular flexibility index (Phi) is 40.1. The van der Waals surface area contributed by atoms with Crippen LogP contribution < -0.4 is 64.2 Å². The zero-order valence-corrected chi connectivity index (χ0v) is 80.1. The molecule has 8 aromatic heterocycles. The lowest BCUT2D eigenvalue weighted by atomic mass is 10.2. The fraction of sp³-hybridized carbons (Fsp3) is 0.340. The maximum atomic E-state index is 14.1. The molecule has 12 heterocycles. The van der Waals surface area contributed by atoms with Crippen molar-refractivity contribution in [1.29, 1.82) is 0 Å². The number of hydrogen-bond acceptors (Lipinski definition) is 36. The molecule has 0 amide bonds. The van der Waals surface area contributed by atoms with Crippen LogP contribution in [0.25, 0.3) is 0 Å². The van der Waals surface area contributed by atoms with Crippen molar-refractivity contribution >= 4 is 117 Å². The summed E-state index contributed by atoms with van der Waals surface area (Å²) in [6.45, 7) is 25.4. The predicted octanol–water partition coefficient (Wildman–Crippen LogP) is 17.4. The zero-order chi connectivity index (χ0) is 104. The van der Waals surface area contributed by atoms with Gasteiger partial charge in [0.05, 0.1) is 182 Å². The Morgan fingerprint density at radius 1 is 0.327 bits per heavy atom. The largest absolute Gasteiger partial charge is 0.416 e. The molecule has 12 aromatic rings. The fourth-order valence-electron chi connectivity index (χ4n) is 14.5. The van der Waals surface area contributed by atoms with Crippen molar-refractivity contribution in [3.63, 3.8) is 0 Å². The number of morpholine rings is 4. The Morgan fingerprint density at radius 3 is 0.952 bits per heavy atom. The summed E-state index contributed by atoms with van der Waals surface area (Å²) < 4.78 is 205. The summed E-state index contributed by atoms with van der Waals surface area (Å²) in [5, 5.41) is 40.5. The van der Waals surface area contributed by atoms with Gasteiger partial charge < -0.3 is 61.5 Å². The van der Waals surface area contributed by atoms with E-state index >= 15 is 0 Å². The van der Waals surface area contributed by atoms with E-state index in [2.05, 4.69) is 171 Å². The van der Waals surface area contributed by atoms with Crippen LogP contribution in [0.1, 0.15) is 76.7 Å². The van der Waals surface area contributed by atoms with Gasteiger partial charge in [-0.2, -0.15) is 93.0 Å². The Bertz CT molecular complexity index is 6250. The Labute approximate surface area is 836 Å². The van der Waals surface area contributed by atoms with E-state index in [0.717, 1.165) is 203 Å². The smallest absolute Gasteiger partial charge is 0.379 e. The van der Waals surface area contributed by atoms with Gasteiger partial charge in [0.15, 0.2) is 23.3 Å². The van der Waals surface area contributed by atoms with E-state index in [1.54, 1.807) is 60.7 Å². The summed E-state index contributed by atoms with van der Waals surface area (Å²) in [6.07, 6.45) is -2.48. The number of rotatable bonds is 37. The predicted molar refractivity (Wildman–Crippen MR) is 535 cm³/mol. The first kappa shape index (κ1) is 109. The van der Waals surface area contributed by atoms with E-state index in [4.69, 9.17) is 18.9 Å². The molecule has 0 bridgehead atoms. The van der Waals surface area contributed by atoms with Gasteiger partial charge in [-0.3, -0.25) is 39.5 Å². The Balaban J connectivity index is 0.000000164. The molecular weight excluding hydrogens is 1940 g/mol. The number of anilines is 16. The van der Waals surface area contributed by atoms with Gasteiger partial charge in [-0.1, -0.05) is 24.3 Å². The molecule has 12 N–H and O–H groups in total. The van der Waals surface area contributed by atoms with Crippen LogP contribution in [0.4, 0.5) is 154 Å². The third-order valence-electron chi connectivity index (χ3n) is 21.7. The first-order valence-corrected chi connectivity index (χ1v) is 46.5.